The molecule has 0 heterocycles. The summed E-state index contributed by atoms with van der Waals surface area (Å²) in [5, 5.41) is 5.42. The van der Waals surface area contributed by atoms with Crippen molar-refractivity contribution in [3.63, 3.8) is 0 Å². The molecule has 0 unspecified atom stereocenters. The summed E-state index contributed by atoms with van der Waals surface area (Å²) in [6, 6.07) is 7.70. The number of urea groups is 1. The number of benzene rings is 1. The zero-order chi connectivity index (χ0) is 10.4. The van der Waals surface area contributed by atoms with E-state index in [4.69, 9.17) is 0 Å². The zero-order valence-corrected chi connectivity index (χ0v) is 8.63. The molecule has 1 aromatic rings. The van der Waals surface area contributed by atoms with Crippen molar-refractivity contribution in [2.45, 2.75) is 13.2 Å². The smallest absolute Gasteiger partial charge is 0.319 e. The Hall–Kier alpha value is -1.45. The van der Waals surface area contributed by atoms with Crippen molar-refractivity contribution in [1.82, 2.24) is 5.32 Å². The lowest BCUT2D eigenvalue weighted by atomic mass is 9.97. The van der Waals surface area contributed by atoms with E-state index in [1.807, 2.05) is 31.2 Å². The standard InChI is InChI=1S/C10H15BN2O/c1-2-12-10(14)13-9-5-3-8(7-11)4-6-9/h3-6H,2,7,11H2,1H3,(H2,12,13,14). The molecule has 0 aliphatic heterocycles. The van der Waals surface area contributed by atoms with Gasteiger partial charge in [-0.25, -0.2) is 4.79 Å². The van der Waals surface area contributed by atoms with Gasteiger partial charge in [-0.05, 0) is 19.1 Å². The molecule has 1 rings (SSSR count). The molecule has 0 radical (unpaired) electrons. The lowest BCUT2D eigenvalue weighted by Gasteiger charge is -2.05. The first-order chi connectivity index (χ1) is 6.76. The van der Waals surface area contributed by atoms with Crippen molar-refractivity contribution in [2.75, 3.05) is 11.9 Å². The molecule has 3 nitrogen and oxygen atoms in total. The average Bonchev–Trinajstić information content (AvgIpc) is 2.19. The van der Waals surface area contributed by atoms with E-state index in [0.717, 1.165) is 12.0 Å². The second-order valence-corrected chi connectivity index (χ2v) is 3.03. The average molecular weight is 190 g/mol. The van der Waals surface area contributed by atoms with E-state index in [1.54, 1.807) is 0 Å². The minimum absolute atomic E-state index is 0.156. The summed E-state index contributed by atoms with van der Waals surface area (Å²) < 4.78 is 0. The van der Waals surface area contributed by atoms with Gasteiger partial charge < -0.3 is 10.6 Å². The third-order valence-electron chi connectivity index (χ3n) is 1.96. The van der Waals surface area contributed by atoms with Crippen LogP contribution in [-0.4, -0.2) is 20.4 Å². The van der Waals surface area contributed by atoms with Crippen LogP contribution in [0.3, 0.4) is 0 Å². The molecular formula is C10H15BN2O. The maximum absolute atomic E-state index is 11.1. The quantitative estimate of drug-likeness (QED) is 0.684. The van der Waals surface area contributed by atoms with Gasteiger partial charge in [0.2, 0.25) is 0 Å². The van der Waals surface area contributed by atoms with Crippen molar-refractivity contribution in [1.29, 1.82) is 0 Å². The molecule has 0 spiro atoms. The molecule has 0 saturated carbocycles. The maximum atomic E-state index is 11.1. The van der Waals surface area contributed by atoms with Gasteiger partial charge in [0, 0.05) is 12.2 Å². The molecule has 0 aliphatic carbocycles. The minimum atomic E-state index is -0.156. The van der Waals surface area contributed by atoms with Gasteiger partial charge in [-0.1, -0.05) is 24.0 Å². The Labute approximate surface area is 85.3 Å². The van der Waals surface area contributed by atoms with Crippen LogP contribution in [0, 0.1) is 0 Å². The van der Waals surface area contributed by atoms with Gasteiger partial charge in [0.25, 0.3) is 0 Å². The van der Waals surface area contributed by atoms with E-state index in [0.29, 0.717) is 6.54 Å². The number of anilines is 1. The third kappa shape index (κ3) is 3.13. The normalized spacial score (nSPS) is 9.50. The highest BCUT2D eigenvalue weighted by Crippen LogP contribution is 2.08. The summed E-state index contributed by atoms with van der Waals surface area (Å²) in [5.74, 6) is 0. The van der Waals surface area contributed by atoms with Crippen LogP contribution in [0.25, 0.3) is 0 Å². The maximum Gasteiger partial charge on any atom is 0.319 e. The van der Waals surface area contributed by atoms with E-state index in [2.05, 4.69) is 18.5 Å². The molecule has 4 heteroatoms. The first kappa shape index (κ1) is 10.6. The van der Waals surface area contributed by atoms with Crippen molar-refractivity contribution in [3.8, 4) is 0 Å². The van der Waals surface area contributed by atoms with E-state index in [1.165, 1.54) is 5.56 Å². The fourth-order valence-electron chi connectivity index (χ4n) is 1.16. The third-order valence-corrected chi connectivity index (χ3v) is 1.96. The number of nitrogens with one attached hydrogen (secondary N) is 2. The van der Waals surface area contributed by atoms with Crippen LogP contribution >= 0.6 is 0 Å². The summed E-state index contributed by atoms with van der Waals surface area (Å²) in [6.45, 7) is 2.53. The number of carbonyl (C=O) groups excluding carboxylic acids is 1. The molecule has 2 amide bonds. The lowest BCUT2D eigenvalue weighted by molar-refractivity contribution is 0.252. The monoisotopic (exact) mass is 190 g/mol. The summed E-state index contributed by atoms with van der Waals surface area (Å²) in [4.78, 5) is 11.1. The predicted molar refractivity (Wildman–Crippen MR) is 61.4 cm³/mol. The molecule has 0 fully saturated rings. The summed E-state index contributed by atoms with van der Waals surface area (Å²) in [7, 11) is 2.10. The van der Waals surface area contributed by atoms with E-state index in [9.17, 15) is 4.79 Å². The van der Waals surface area contributed by atoms with E-state index >= 15 is 0 Å². The Balaban J connectivity index is 2.55. The van der Waals surface area contributed by atoms with Crippen LogP contribution in [0.4, 0.5) is 10.5 Å². The number of rotatable bonds is 3. The Morgan fingerprint density at radius 1 is 1.36 bits per heavy atom. The highest BCUT2D eigenvalue weighted by atomic mass is 16.2. The van der Waals surface area contributed by atoms with Crippen molar-refractivity contribution in [2.24, 2.45) is 0 Å². The lowest BCUT2D eigenvalue weighted by Crippen LogP contribution is -2.28. The van der Waals surface area contributed by atoms with Crippen LogP contribution in [0.15, 0.2) is 24.3 Å². The Morgan fingerprint density at radius 2 is 2.00 bits per heavy atom. The predicted octanol–water partition coefficient (Wildman–Crippen LogP) is 0.961. The Morgan fingerprint density at radius 3 is 2.50 bits per heavy atom. The van der Waals surface area contributed by atoms with Crippen LogP contribution in [0.2, 0.25) is 0 Å². The van der Waals surface area contributed by atoms with Gasteiger partial charge in [-0.3, -0.25) is 0 Å². The number of amides is 2. The van der Waals surface area contributed by atoms with E-state index in [-0.39, 0.29) is 6.03 Å². The van der Waals surface area contributed by atoms with Gasteiger partial charge in [-0.15, -0.1) is 0 Å². The topological polar surface area (TPSA) is 41.1 Å². The molecule has 74 valence electrons. The summed E-state index contributed by atoms with van der Waals surface area (Å²) in [5.41, 5.74) is 2.10. The van der Waals surface area contributed by atoms with E-state index < -0.39 is 0 Å². The first-order valence-electron chi connectivity index (χ1n) is 4.90. The van der Waals surface area contributed by atoms with Crippen molar-refractivity contribution < 1.29 is 4.79 Å². The van der Waals surface area contributed by atoms with Crippen molar-refractivity contribution >= 4 is 19.6 Å². The fraction of sp³-hybridized carbons (Fsp3) is 0.300. The van der Waals surface area contributed by atoms with Gasteiger partial charge in [0.05, 0.1) is 0 Å². The highest BCUT2D eigenvalue weighted by Gasteiger charge is 1.98. The van der Waals surface area contributed by atoms with Crippen LogP contribution in [-0.2, 0) is 6.32 Å². The molecule has 0 atom stereocenters. The van der Waals surface area contributed by atoms with Gasteiger partial charge in [-0.2, -0.15) is 0 Å². The molecule has 0 saturated heterocycles. The molecule has 0 bridgehead atoms. The number of hydrogen-bond acceptors (Lipinski definition) is 1. The second kappa shape index (κ2) is 5.32. The summed E-state index contributed by atoms with van der Waals surface area (Å²) in [6.07, 6.45) is 1.02. The molecule has 1 aromatic carbocycles. The molecule has 0 aromatic heterocycles. The number of hydrogen-bond donors (Lipinski definition) is 2. The molecule has 2 N–H and O–H groups in total. The van der Waals surface area contributed by atoms with Gasteiger partial charge in [0.15, 0.2) is 0 Å². The fourth-order valence-corrected chi connectivity index (χ4v) is 1.16. The van der Waals surface area contributed by atoms with Crippen molar-refractivity contribution in [3.05, 3.63) is 29.8 Å². The minimum Gasteiger partial charge on any atom is -0.338 e. The number of carbonyl (C=O) groups is 1. The Kier molecular flexibility index (Phi) is 4.04. The Bertz CT molecular complexity index is 297. The summed E-state index contributed by atoms with van der Waals surface area (Å²) >= 11 is 0. The van der Waals surface area contributed by atoms with Crippen LogP contribution in [0.5, 0.6) is 0 Å². The molecule has 0 aliphatic rings. The second-order valence-electron chi connectivity index (χ2n) is 3.03. The van der Waals surface area contributed by atoms with Gasteiger partial charge in [0.1, 0.15) is 7.85 Å². The zero-order valence-electron chi connectivity index (χ0n) is 8.63. The largest absolute Gasteiger partial charge is 0.338 e. The molecular weight excluding hydrogens is 175 g/mol. The van der Waals surface area contributed by atoms with Gasteiger partial charge >= 0.3 is 6.03 Å². The SMILES string of the molecule is BCc1ccc(NC(=O)NCC)cc1. The van der Waals surface area contributed by atoms with Crippen LogP contribution in [0.1, 0.15) is 12.5 Å². The highest BCUT2D eigenvalue weighted by molar-refractivity contribution is 6.08. The first-order valence-corrected chi connectivity index (χ1v) is 4.90. The van der Waals surface area contributed by atoms with Crippen LogP contribution < -0.4 is 10.6 Å². The molecule has 14 heavy (non-hydrogen) atoms.